The molecule has 1 unspecified atom stereocenters. The van der Waals surface area contributed by atoms with Crippen molar-refractivity contribution in [2.24, 2.45) is 0 Å². The molecule has 0 saturated carbocycles. The van der Waals surface area contributed by atoms with Crippen LogP contribution in [0.3, 0.4) is 0 Å². The van der Waals surface area contributed by atoms with Gasteiger partial charge in [0.1, 0.15) is 5.82 Å². The quantitative estimate of drug-likeness (QED) is 0.244. The van der Waals surface area contributed by atoms with E-state index in [-0.39, 0.29) is 16.6 Å². The van der Waals surface area contributed by atoms with Gasteiger partial charge >= 0.3 is 0 Å². The van der Waals surface area contributed by atoms with E-state index in [4.69, 9.17) is 5.73 Å². The number of para-hydroxylation sites is 1. The number of carbonyl (C=O) groups excluding carboxylic acids is 1. The Bertz CT molecular complexity index is 1250. The van der Waals surface area contributed by atoms with Crippen molar-refractivity contribution in [2.75, 3.05) is 49.3 Å². The molecule has 0 aliphatic carbocycles. The van der Waals surface area contributed by atoms with Gasteiger partial charge < -0.3 is 16.0 Å². The van der Waals surface area contributed by atoms with E-state index in [1.807, 2.05) is 6.07 Å². The zero-order valence-electron chi connectivity index (χ0n) is 21.1. The molecule has 6 nitrogen and oxygen atoms in total. The zero-order chi connectivity index (χ0) is 25.5. The highest BCUT2D eigenvalue weighted by Crippen LogP contribution is 2.42. The predicted molar refractivity (Wildman–Crippen MR) is 156 cm³/mol. The summed E-state index contributed by atoms with van der Waals surface area (Å²) >= 11 is 0. The number of carbonyl (C=O) groups is 1. The van der Waals surface area contributed by atoms with Gasteiger partial charge in [0, 0.05) is 48.9 Å². The lowest BCUT2D eigenvalue weighted by molar-refractivity contribution is 0.0952. The van der Waals surface area contributed by atoms with Crippen molar-refractivity contribution in [3.8, 4) is 0 Å². The minimum absolute atomic E-state index is 0.0555. The second-order valence-corrected chi connectivity index (χ2v) is 11.1. The van der Waals surface area contributed by atoms with E-state index in [2.05, 4.69) is 91.5 Å². The third-order valence-corrected chi connectivity index (χ3v) is 8.70. The predicted octanol–water partition coefficient (Wildman–Crippen LogP) is 4.80. The van der Waals surface area contributed by atoms with Crippen molar-refractivity contribution < 1.29 is 4.79 Å². The van der Waals surface area contributed by atoms with Crippen molar-refractivity contribution in [2.45, 2.75) is 17.7 Å². The number of nitrogen functional groups attached to an aromatic ring is 1. The molecule has 3 aromatic rings. The van der Waals surface area contributed by atoms with Crippen LogP contribution in [0, 0.1) is 0 Å². The number of benzene rings is 3. The number of rotatable bonds is 9. The number of piperazine rings is 1. The van der Waals surface area contributed by atoms with Crippen LogP contribution in [0.15, 0.2) is 102 Å². The Labute approximate surface area is 222 Å². The number of unbranched alkanes of at least 4 members (excludes halogenated alkanes) is 1. The molecule has 7 heteroatoms. The van der Waals surface area contributed by atoms with Crippen molar-refractivity contribution >= 4 is 33.3 Å². The Balaban J connectivity index is 1.10. The molecule has 5 rings (SSSR count). The fourth-order valence-corrected chi connectivity index (χ4v) is 6.69. The Morgan fingerprint density at radius 2 is 1.59 bits per heavy atom. The molecule has 3 N–H and O–H groups in total. The number of nitrogens with two attached hydrogens (primary N) is 1. The third kappa shape index (κ3) is 6.24. The van der Waals surface area contributed by atoms with E-state index in [9.17, 15) is 4.79 Å². The lowest BCUT2D eigenvalue weighted by atomic mass is 10.2. The van der Waals surface area contributed by atoms with Crippen molar-refractivity contribution in [1.29, 1.82) is 0 Å². The molecule has 0 radical (unpaired) electrons. The van der Waals surface area contributed by atoms with Crippen LogP contribution in [0.1, 0.15) is 23.2 Å². The number of hydrogen-bond donors (Lipinski definition) is 2. The molecule has 1 atom stereocenters. The summed E-state index contributed by atoms with van der Waals surface area (Å²) in [4.78, 5) is 18.7. The highest BCUT2D eigenvalue weighted by Gasteiger charge is 2.28. The van der Waals surface area contributed by atoms with Gasteiger partial charge in [0.2, 0.25) is 0 Å². The minimum Gasteiger partial charge on any atom is -0.399 e. The van der Waals surface area contributed by atoms with Crippen LogP contribution in [-0.2, 0) is 0 Å². The first-order valence-corrected chi connectivity index (χ1v) is 14.2. The molecule has 2 heterocycles. The van der Waals surface area contributed by atoms with Crippen molar-refractivity contribution in [3.05, 3.63) is 102 Å². The smallest absolute Gasteiger partial charge is 0.251 e. The summed E-state index contributed by atoms with van der Waals surface area (Å²) < 4.78 is 2.49. The van der Waals surface area contributed by atoms with Gasteiger partial charge in [0.25, 0.3) is 5.91 Å². The second-order valence-electron chi connectivity index (χ2n) is 9.34. The van der Waals surface area contributed by atoms with Gasteiger partial charge in [-0.3, -0.25) is 14.0 Å². The molecule has 3 aromatic carbocycles. The maximum absolute atomic E-state index is 12.3. The summed E-state index contributed by atoms with van der Waals surface area (Å²) in [6.07, 6.45) is 4.35. The molecule has 0 aromatic heterocycles. The van der Waals surface area contributed by atoms with Gasteiger partial charge in [-0.1, -0.05) is 53.1 Å². The van der Waals surface area contributed by atoms with Crippen LogP contribution in [0.4, 0.5) is 11.4 Å². The standard InChI is InChI=1S/C30H35N5OS/c31-26-11-9-10-25(24-26)30(36)32-17-7-8-18-33-19-21-34(22-20-33)29-16-23-37(28-14-5-2-6-15-28)35(29)27-12-3-1-4-13-27/h1-6,9-16,23-24H,7-8,17-22,31H2,(H,32,36). The van der Waals surface area contributed by atoms with Gasteiger partial charge in [-0.05, 0) is 73.3 Å². The van der Waals surface area contributed by atoms with Gasteiger partial charge in [0.15, 0.2) is 0 Å². The first kappa shape index (κ1) is 25.1. The first-order chi connectivity index (χ1) is 18.2. The van der Waals surface area contributed by atoms with Crippen LogP contribution in [0.25, 0.3) is 0 Å². The number of hydrogen-bond acceptors (Lipinski definition) is 5. The maximum atomic E-state index is 12.3. The highest BCUT2D eigenvalue weighted by atomic mass is 32.2. The molecule has 37 heavy (non-hydrogen) atoms. The SMILES string of the molecule is Nc1cccc(C(=O)NCCCCN2CCN(C3=CC=S(c4ccccc4)N3c3ccccc3)CC2)c1. The number of anilines is 2. The fourth-order valence-electron chi connectivity index (χ4n) is 4.79. The Morgan fingerprint density at radius 1 is 0.865 bits per heavy atom. The molecular weight excluding hydrogens is 478 g/mol. The van der Waals surface area contributed by atoms with Crippen LogP contribution in [0.2, 0.25) is 0 Å². The summed E-state index contributed by atoms with van der Waals surface area (Å²) in [6, 6.07) is 28.6. The van der Waals surface area contributed by atoms with Gasteiger partial charge in [-0.25, -0.2) is 0 Å². The molecule has 0 bridgehead atoms. The normalized spacial score (nSPS) is 17.8. The molecule has 0 spiro atoms. The average molecular weight is 514 g/mol. The number of nitrogens with one attached hydrogen (secondary N) is 1. The van der Waals surface area contributed by atoms with E-state index < -0.39 is 0 Å². The number of nitrogens with zero attached hydrogens (tertiary/aromatic N) is 3. The van der Waals surface area contributed by atoms with Crippen LogP contribution in [0.5, 0.6) is 0 Å². The summed E-state index contributed by atoms with van der Waals surface area (Å²) in [7, 11) is -0.127. The molecule has 1 fully saturated rings. The topological polar surface area (TPSA) is 64.8 Å². The van der Waals surface area contributed by atoms with E-state index in [1.165, 1.54) is 16.4 Å². The minimum atomic E-state index is -0.127. The molecule has 192 valence electrons. The van der Waals surface area contributed by atoms with Gasteiger partial charge in [-0.2, -0.15) is 0 Å². The maximum Gasteiger partial charge on any atom is 0.251 e. The Kier molecular flexibility index (Phi) is 8.23. The third-order valence-electron chi connectivity index (χ3n) is 6.76. The lowest BCUT2D eigenvalue weighted by Gasteiger charge is -2.40. The number of amides is 1. The summed E-state index contributed by atoms with van der Waals surface area (Å²) in [6.45, 7) is 5.87. The van der Waals surface area contributed by atoms with E-state index in [1.54, 1.807) is 18.2 Å². The van der Waals surface area contributed by atoms with Crippen molar-refractivity contribution in [1.82, 2.24) is 15.1 Å². The van der Waals surface area contributed by atoms with Crippen LogP contribution < -0.4 is 15.4 Å². The molecule has 2 aliphatic rings. The summed E-state index contributed by atoms with van der Waals surface area (Å²) in [5.74, 6) is 1.24. The summed E-state index contributed by atoms with van der Waals surface area (Å²) in [5.41, 5.74) is 8.24. The zero-order valence-corrected chi connectivity index (χ0v) is 21.9. The Hall–Kier alpha value is -3.55. The molecule has 2 aliphatic heterocycles. The monoisotopic (exact) mass is 513 g/mol. The van der Waals surface area contributed by atoms with E-state index in [0.29, 0.717) is 17.8 Å². The average Bonchev–Trinajstić information content (AvgIpc) is 3.39. The van der Waals surface area contributed by atoms with Gasteiger partial charge in [0.05, 0.1) is 5.69 Å². The molecule has 1 saturated heterocycles. The fraction of sp³-hybridized carbons (Fsp3) is 0.267. The summed E-state index contributed by atoms with van der Waals surface area (Å²) in [5, 5.41) is 5.36. The lowest BCUT2D eigenvalue weighted by Crippen LogP contribution is -2.48. The molecular formula is C30H35N5OS. The second kappa shape index (κ2) is 12.1. The van der Waals surface area contributed by atoms with E-state index in [0.717, 1.165) is 45.6 Å². The highest BCUT2D eigenvalue weighted by molar-refractivity contribution is 8.16. The molecule has 1 amide bonds. The number of allylic oxidation sites excluding steroid dienone is 1. The Morgan fingerprint density at radius 3 is 2.32 bits per heavy atom. The van der Waals surface area contributed by atoms with Crippen molar-refractivity contribution in [3.63, 3.8) is 0 Å². The van der Waals surface area contributed by atoms with E-state index >= 15 is 0 Å². The van der Waals surface area contributed by atoms with Crippen LogP contribution in [-0.4, -0.2) is 60.3 Å². The van der Waals surface area contributed by atoms with Crippen LogP contribution >= 0.6 is 10.7 Å². The largest absolute Gasteiger partial charge is 0.399 e. The first-order valence-electron chi connectivity index (χ1n) is 13.0. The van der Waals surface area contributed by atoms with Gasteiger partial charge in [-0.15, -0.1) is 0 Å².